The standard InChI is InChI=1S/C15H23ClN2O3S/c1-13-6-7-15(14(16)12-13)21-11-10-17(2)22(19,20)18-8-4-3-5-9-18/h6-7,12H,3-5,8-11H2,1-2H3. The molecule has 2 rings (SSSR count). The maximum atomic E-state index is 12.4. The highest BCUT2D eigenvalue weighted by molar-refractivity contribution is 7.86. The van der Waals surface area contributed by atoms with E-state index in [1.54, 1.807) is 17.4 Å². The highest BCUT2D eigenvalue weighted by atomic mass is 35.5. The highest BCUT2D eigenvalue weighted by Gasteiger charge is 2.27. The summed E-state index contributed by atoms with van der Waals surface area (Å²) in [5, 5.41) is 0.543. The van der Waals surface area contributed by atoms with Crippen molar-refractivity contribution in [2.45, 2.75) is 26.2 Å². The highest BCUT2D eigenvalue weighted by Crippen LogP contribution is 2.25. The first-order valence-electron chi connectivity index (χ1n) is 7.51. The lowest BCUT2D eigenvalue weighted by atomic mass is 10.2. The average Bonchev–Trinajstić information content (AvgIpc) is 2.50. The van der Waals surface area contributed by atoms with Crippen LogP contribution in [0.3, 0.4) is 0 Å². The summed E-state index contributed by atoms with van der Waals surface area (Å²) in [7, 11) is -1.79. The molecule has 7 heteroatoms. The number of benzene rings is 1. The number of likely N-dealkylation sites (N-methyl/N-ethyl adjacent to an activating group) is 1. The van der Waals surface area contributed by atoms with Crippen LogP contribution in [0.25, 0.3) is 0 Å². The van der Waals surface area contributed by atoms with Gasteiger partial charge in [-0.2, -0.15) is 17.0 Å². The second kappa shape index (κ2) is 7.64. The Labute approximate surface area is 138 Å². The molecule has 0 unspecified atom stereocenters. The van der Waals surface area contributed by atoms with Gasteiger partial charge in [-0.15, -0.1) is 0 Å². The van der Waals surface area contributed by atoms with Crippen LogP contribution in [0.5, 0.6) is 5.75 Å². The Morgan fingerprint density at radius 2 is 1.95 bits per heavy atom. The van der Waals surface area contributed by atoms with Gasteiger partial charge in [-0.3, -0.25) is 0 Å². The summed E-state index contributed by atoms with van der Waals surface area (Å²) in [4.78, 5) is 0. The molecule has 0 amide bonds. The van der Waals surface area contributed by atoms with Crippen molar-refractivity contribution in [1.82, 2.24) is 8.61 Å². The van der Waals surface area contributed by atoms with Crippen LogP contribution in [-0.4, -0.2) is 50.3 Å². The van der Waals surface area contributed by atoms with Crippen molar-refractivity contribution in [3.05, 3.63) is 28.8 Å². The Bertz CT molecular complexity index is 601. The number of hydrogen-bond donors (Lipinski definition) is 0. The molecule has 0 aliphatic carbocycles. The van der Waals surface area contributed by atoms with Crippen LogP contribution in [0.15, 0.2) is 18.2 Å². The van der Waals surface area contributed by atoms with E-state index in [1.165, 1.54) is 4.31 Å². The summed E-state index contributed by atoms with van der Waals surface area (Å²) in [6.45, 7) is 3.73. The van der Waals surface area contributed by atoms with Gasteiger partial charge in [0.1, 0.15) is 12.4 Å². The molecule has 0 N–H and O–H groups in total. The second-order valence-electron chi connectivity index (χ2n) is 5.57. The lowest BCUT2D eigenvalue weighted by molar-refractivity contribution is 0.268. The molecule has 1 aromatic rings. The molecule has 0 atom stereocenters. The van der Waals surface area contributed by atoms with E-state index in [-0.39, 0.29) is 6.61 Å². The molecule has 124 valence electrons. The van der Waals surface area contributed by atoms with Crippen LogP contribution < -0.4 is 4.74 Å². The number of hydrogen-bond acceptors (Lipinski definition) is 3. The molecule has 1 aliphatic heterocycles. The third-order valence-corrected chi connectivity index (χ3v) is 6.07. The molecular weight excluding hydrogens is 324 g/mol. The van der Waals surface area contributed by atoms with E-state index in [2.05, 4.69) is 0 Å². The van der Waals surface area contributed by atoms with Gasteiger partial charge in [0.15, 0.2) is 0 Å². The zero-order chi connectivity index (χ0) is 16.2. The molecule has 0 bridgehead atoms. The van der Waals surface area contributed by atoms with Gasteiger partial charge in [0.05, 0.1) is 5.02 Å². The minimum atomic E-state index is -3.38. The van der Waals surface area contributed by atoms with E-state index < -0.39 is 10.2 Å². The predicted octanol–water partition coefficient (Wildman–Crippen LogP) is 2.69. The first-order valence-corrected chi connectivity index (χ1v) is 9.29. The van der Waals surface area contributed by atoms with Gasteiger partial charge in [-0.05, 0) is 37.5 Å². The molecule has 22 heavy (non-hydrogen) atoms. The molecular formula is C15H23ClN2O3S. The third-order valence-electron chi connectivity index (χ3n) is 3.79. The van der Waals surface area contributed by atoms with E-state index in [1.807, 2.05) is 19.1 Å². The normalized spacial score (nSPS) is 16.9. The van der Waals surface area contributed by atoms with E-state index in [0.29, 0.717) is 30.4 Å². The fourth-order valence-corrected chi connectivity index (χ4v) is 4.12. The van der Waals surface area contributed by atoms with Crippen LogP contribution in [0.2, 0.25) is 5.02 Å². The van der Waals surface area contributed by atoms with Gasteiger partial charge in [0.25, 0.3) is 10.2 Å². The van der Waals surface area contributed by atoms with Crippen molar-refractivity contribution in [3.63, 3.8) is 0 Å². The zero-order valence-electron chi connectivity index (χ0n) is 13.1. The number of nitrogens with zero attached hydrogens (tertiary/aromatic N) is 2. The smallest absolute Gasteiger partial charge is 0.281 e. The van der Waals surface area contributed by atoms with Gasteiger partial charge in [0, 0.05) is 26.7 Å². The molecule has 5 nitrogen and oxygen atoms in total. The molecule has 0 aromatic heterocycles. The molecule has 1 fully saturated rings. The predicted molar refractivity (Wildman–Crippen MR) is 88.7 cm³/mol. The van der Waals surface area contributed by atoms with E-state index in [4.69, 9.17) is 16.3 Å². The Kier molecular flexibility index (Phi) is 6.09. The van der Waals surface area contributed by atoms with Crippen LogP contribution in [0.1, 0.15) is 24.8 Å². The minimum absolute atomic E-state index is 0.270. The monoisotopic (exact) mass is 346 g/mol. The maximum Gasteiger partial charge on any atom is 0.281 e. The average molecular weight is 347 g/mol. The van der Waals surface area contributed by atoms with Gasteiger partial charge in [-0.1, -0.05) is 24.1 Å². The zero-order valence-corrected chi connectivity index (χ0v) is 14.7. The largest absolute Gasteiger partial charge is 0.491 e. The summed E-state index contributed by atoms with van der Waals surface area (Å²) >= 11 is 6.09. The first kappa shape index (κ1) is 17.5. The summed E-state index contributed by atoms with van der Waals surface area (Å²) in [5.74, 6) is 0.580. The fraction of sp³-hybridized carbons (Fsp3) is 0.600. The summed E-state index contributed by atoms with van der Waals surface area (Å²) in [6, 6.07) is 5.54. The van der Waals surface area contributed by atoms with E-state index in [9.17, 15) is 8.42 Å². The quantitative estimate of drug-likeness (QED) is 0.795. The third kappa shape index (κ3) is 4.35. The van der Waals surface area contributed by atoms with Crippen molar-refractivity contribution >= 4 is 21.8 Å². The van der Waals surface area contributed by atoms with E-state index in [0.717, 1.165) is 24.8 Å². The molecule has 1 aromatic carbocycles. The fourth-order valence-electron chi connectivity index (χ4n) is 2.42. The number of halogens is 1. The first-order chi connectivity index (χ1) is 10.4. The van der Waals surface area contributed by atoms with Crippen LogP contribution >= 0.6 is 11.6 Å². The number of aryl methyl sites for hydroxylation is 1. The van der Waals surface area contributed by atoms with Crippen molar-refractivity contribution in [2.24, 2.45) is 0 Å². The van der Waals surface area contributed by atoms with Gasteiger partial charge in [-0.25, -0.2) is 0 Å². The van der Waals surface area contributed by atoms with Crippen molar-refractivity contribution in [2.75, 3.05) is 33.3 Å². The van der Waals surface area contributed by atoms with E-state index >= 15 is 0 Å². The summed E-state index contributed by atoms with van der Waals surface area (Å²) < 4.78 is 33.3. The molecule has 0 spiro atoms. The Morgan fingerprint density at radius 3 is 2.59 bits per heavy atom. The Balaban J connectivity index is 1.87. The van der Waals surface area contributed by atoms with Crippen molar-refractivity contribution in [3.8, 4) is 5.75 Å². The van der Waals surface area contributed by atoms with Crippen molar-refractivity contribution in [1.29, 1.82) is 0 Å². The topological polar surface area (TPSA) is 49.9 Å². The molecule has 0 saturated carbocycles. The summed E-state index contributed by atoms with van der Waals surface area (Å²) in [5.41, 5.74) is 1.06. The number of piperidine rings is 1. The molecule has 1 heterocycles. The lowest BCUT2D eigenvalue weighted by Crippen LogP contribution is -2.45. The number of rotatable bonds is 6. The molecule has 1 aliphatic rings. The van der Waals surface area contributed by atoms with Crippen LogP contribution in [0.4, 0.5) is 0 Å². The van der Waals surface area contributed by atoms with Crippen LogP contribution in [0, 0.1) is 6.92 Å². The maximum absolute atomic E-state index is 12.4. The Hall–Kier alpha value is -0.820. The van der Waals surface area contributed by atoms with Gasteiger partial charge < -0.3 is 4.74 Å². The van der Waals surface area contributed by atoms with Gasteiger partial charge in [0.2, 0.25) is 0 Å². The number of ether oxygens (including phenoxy) is 1. The second-order valence-corrected chi connectivity index (χ2v) is 8.01. The minimum Gasteiger partial charge on any atom is -0.491 e. The van der Waals surface area contributed by atoms with Crippen molar-refractivity contribution < 1.29 is 13.2 Å². The Morgan fingerprint density at radius 1 is 1.27 bits per heavy atom. The molecule has 1 saturated heterocycles. The summed E-state index contributed by atoms with van der Waals surface area (Å²) in [6.07, 6.45) is 2.97. The molecule has 0 radical (unpaired) electrons. The van der Waals surface area contributed by atoms with Gasteiger partial charge >= 0.3 is 0 Å². The SMILES string of the molecule is Cc1ccc(OCCN(C)S(=O)(=O)N2CCCCC2)c(Cl)c1. The lowest BCUT2D eigenvalue weighted by Gasteiger charge is -2.30. The van der Waals surface area contributed by atoms with Crippen LogP contribution in [-0.2, 0) is 10.2 Å².